The fourth-order valence-electron chi connectivity index (χ4n) is 3.50. The van der Waals surface area contributed by atoms with Crippen LogP contribution in [0.1, 0.15) is 51.4 Å². The van der Waals surface area contributed by atoms with Gasteiger partial charge in [0.15, 0.2) is 0 Å². The lowest BCUT2D eigenvalue weighted by Gasteiger charge is -2.24. The third-order valence-electron chi connectivity index (χ3n) is 4.78. The van der Waals surface area contributed by atoms with E-state index in [1.807, 2.05) is 0 Å². The van der Waals surface area contributed by atoms with Gasteiger partial charge in [0.1, 0.15) is 0 Å². The molecule has 0 atom stereocenters. The zero-order valence-electron chi connectivity index (χ0n) is 12.9. The average molecular weight is 281 g/mol. The fraction of sp³-hybridized carbons (Fsp3) is 0.938. The van der Waals surface area contributed by atoms with Crippen LogP contribution in [0.2, 0.25) is 0 Å². The molecule has 1 amide bonds. The van der Waals surface area contributed by atoms with Crippen LogP contribution in [-0.4, -0.2) is 55.0 Å². The van der Waals surface area contributed by atoms with E-state index in [1.54, 1.807) is 0 Å². The van der Waals surface area contributed by atoms with Gasteiger partial charge in [-0.25, -0.2) is 0 Å². The summed E-state index contributed by atoms with van der Waals surface area (Å²) in [6.45, 7) is 6.09. The summed E-state index contributed by atoms with van der Waals surface area (Å²) in [5.74, 6) is 0.776. The maximum Gasteiger partial charge on any atom is 0.225 e. The minimum absolute atomic E-state index is 0.339. The van der Waals surface area contributed by atoms with Crippen molar-refractivity contribution in [3.63, 3.8) is 0 Å². The highest BCUT2D eigenvalue weighted by molar-refractivity contribution is 5.79. The number of carbonyl (C=O) groups excluding carboxylic acids is 1. The Morgan fingerprint density at radius 1 is 0.950 bits per heavy atom. The van der Waals surface area contributed by atoms with E-state index in [4.69, 9.17) is 5.73 Å². The van der Waals surface area contributed by atoms with Crippen molar-refractivity contribution in [2.45, 2.75) is 51.4 Å². The quantitative estimate of drug-likeness (QED) is 0.756. The van der Waals surface area contributed by atoms with Gasteiger partial charge in [0.2, 0.25) is 5.91 Å². The Hall–Kier alpha value is -0.610. The molecule has 2 fully saturated rings. The molecule has 0 bridgehead atoms. The summed E-state index contributed by atoms with van der Waals surface area (Å²) in [5.41, 5.74) is 5.53. The SMILES string of the molecule is NCCCCCN1CCCN(C(=O)C2CCCC2)CC1. The number of nitrogens with zero attached hydrogens (tertiary/aromatic N) is 2. The molecular weight excluding hydrogens is 250 g/mol. The van der Waals surface area contributed by atoms with Gasteiger partial charge in [-0.15, -0.1) is 0 Å². The Labute approximate surface area is 123 Å². The molecule has 0 aromatic heterocycles. The molecule has 4 heteroatoms. The molecule has 0 spiro atoms. The summed E-state index contributed by atoms with van der Waals surface area (Å²) in [5, 5.41) is 0. The largest absolute Gasteiger partial charge is 0.341 e. The van der Waals surface area contributed by atoms with Crippen LogP contribution in [-0.2, 0) is 4.79 Å². The molecule has 20 heavy (non-hydrogen) atoms. The van der Waals surface area contributed by atoms with Gasteiger partial charge in [-0.3, -0.25) is 4.79 Å². The standard InChI is InChI=1S/C16H31N3O/c17-9-4-1-5-10-18-11-6-12-19(14-13-18)16(20)15-7-2-3-8-15/h15H,1-14,17H2. The minimum Gasteiger partial charge on any atom is -0.341 e. The van der Waals surface area contributed by atoms with E-state index in [2.05, 4.69) is 9.80 Å². The highest BCUT2D eigenvalue weighted by atomic mass is 16.2. The molecular formula is C16H31N3O. The molecule has 1 aliphatic carbocycles. The van der Waals surface area contributed by atoms with Crippen molar-refractivity contribution in [1.29, 1.82) is 0 Å². The van der Waals surface area contributed by atoms with Crippen LogP contribution in [0, 0.1) is 5.92 Å². The van der Waals surface area contributed by atoms with Crippen LogP contribution in [0.15, 0.2) is 0 Å². The number of hydrogen-bond donors (Lipinski definition) is 1. The van der Waals surface area contributed by atoms with Gasteiger partial charge in [-0.1, -0.05) is 19.3 Å². The van der Waals surface area contributed by atoms with Crippen LogP contribution in [0.25, 0.3) is 0 Å². The topological polar surface area (TPSA) is 49.6 Å². The van der Waals surface area contributed by atoms with E-state index < -0.39 is 0 Å². The van der Waals surface area contributed by atoms with Gasteiger partial charge in [-0.05, 0) is 51.7 Å². The van der Waals surface area contributed by atoms with Gasteiger partial charge in [0.05, 0.1) is 0 Å². The predicted molar refractivity (Wildman–Crippen MR) is 82.5 cm³/mol. The summed E-state index contributed by atoms with van der Waals surface area (Å²) < 4.78 is 0. The first-order valence-corrected chi connectivity index (χ1v) is 8.52. The summed E-state index contributed by atoms with van der Waals surface area (Å²) in [6, 6.07) is 0. The molecule has 1 saturated heterocycles. The van der Waals surface area contributed by atoms with Crippen LogP contribution in [0.4, 0.5) is 0 Å². The van der Waals surface area contributed by atoms with Gasteiger partial charge >= 0.3 is 0 Å². The van der Waals surface area contributed by atoms with Crippen molar-refractivity contribution in [2.75, 3.05) is 39.3 Å². The highest BCUT2D eigenvalue weighted by Gasteiger charge is 2.28. The van der Waals surface area contributed by atoms with Crippen molar-refractivity contribution in [1.82, 2.24) is 9.80 Å². The normalized spacial score (nSPS) is 22.1. The number of hydrogen-bond acceptors (Lipinski definition) is 3. The van der Waals surface area contributed by atoms with E-state index in [0.717, 1.165) is 58.4 Å². The number of carbonyl (C=O) groups is 1. The van der Waals surface area contributed by atoms with Crippen LogP contribution < -0.4 is 5.73 Å². The van der Waals surface area contributed by atoms with Crippen molar-refractivity contribution in [3.8, 4) is 0 Å². The third kappa shape index (κ3) is 4.74. The zero-order chi connectivity index (χ0) is 14.2. The third-order valence-corrected chi connectivity index (χ3v) is 4.78. The molecule has 1 saturated carbocycles. The minimum atomic E-state index is 0.339. The van der Waals surface area contributed by atoms with Crippen LogP contribution in [0.3, 0.4) is 0 Å². The first-order valence-electron chi connectivity index (χ1n) is 8.52. The number of rotatable bonds is 6. The van der Waals surface area contributed by atoms with Gasteiger partial charge in [0, 0.05) is 25.6 Å². The number of nitrogens with two attached hydrogens (primary N) is 1. The molecule has 2 N–H and O–H groups in total. The first kappa shape index (κ1) is 15.8. The molecule has 0 unspecified atom stereocenters. The Balaban J connectivity index is 1.69. The molecule has 1 heterocycles. The molecule has 0 aromatic carbocycles. The lowest BCUT2D eigenvalue weighted by atomic mass is 10.1. The highest BCUT2D eigenvalue weighted by Crippen LogP contribution is 2.26. The summed E-state index contributed by atoms with van der Waals surface area (Å²) in [6.07, 6.45) is 9.49. The Morgan fingerprint density at radius 3 is 2.50 bits per heavy atom. The smallest absolute Gasteiger partial charge is 0.225 e. The molecule has 1 aliphatic heterocycles. The lowest BCUT2D eigenvalue weighted by molar-refractivity contribution is -0.135. The predicted octanol–water partition coefficient (Wildman–Crippen LogP) is 1.84. The number of unbranched alkanes of at least 4 members (excludes halogenated alkanes) is 2. The van der Waals surface area contributed by atoms with Crippen molar-refractivity contribution < 1.29 is 4.79 Å². The monoisotopic (exact) mass is 281 g/mol. The second-order valence-electron chi connectivity index (χ2n) is 6.35. The van der Waals surface area contributed by atoms with Crippen LogP contribution >= 0.6 is 0 Å². The zero-order valence-corrected chi connectivity index (χ0v) is 12.9. The van der Waals surface area contributed by atoms with Crippen LogP contribution in [0.5, 0.6) is 0 Å². The number of amides is 1. The maximum atomic E-state index is 12.5. The molecule has 0 aromatic rings. The maximum absolute atomic E-state index is 12.5. The van der Waals surface area contributed by atoms with E-state index in [-0.39, 0.29) is 0 Å². The summed E-state index contributed by atoms with van der Waals surface area (Å²) >= 11 is 0. The van der Waals surface area contributed by atoms with Crippen molar-refractivity contribution >= 4 is 5.91 Å². The Kier molecular flexibility index (Phi) is 6.80. The van der Waals surface area contributed by atoms with E-state index in [1.165, 1.54) is 32.2 Å². The van der Waals surface area contributed by atoms with Gasteiger partial charge < -0.3 is 15.5 Å². The second kappa shape index (κ2) is 8.63. The average Bonchev–Trinajstić information content (AvgIpc) is 2.89. The molecule has 2 aliphatic rings. The molecule has 4 nitrogen and oxygen atoms in total. The van der Waals surface area contributed by atoms with Gasteiger partial charge in [-0.2, -0.15) is 0 Å². The van der Waals surface area contributed by atoms with E-state index in [0.29, 0.717) is 11.8 Å². The fourth-order valence-corrected chi connectivity index (χ4v) is 3.50. The van der Waals surface area contributed by atoms with Crippen molar-refractivity contribution in [2.24, 2.45) is 11.7 Å². The van der Waals surface area contributed by atoms with Crippen molar-refractivity contribution in [3.05, 3.63) is 0 Å². The summed E-state index contributed by atoms with van der Waals surface area (Å²) in [4.78, 5) is 17.1. The molecule has 116 valence electrons. The van der Waals surface area contributed by atoms with E-state index in [9.17, 15) is 4.79 Å². The van der Waals surface area contributed by atoms with Gasteiger partial charge in [0.25, 0.3) is 0 Å². The summed E-state index contributed by atoms with van der Waals surface area (Å²) in [7, 11) is 0. The lowest BCUT2D eigenvalue weighted by Crippen LogP contribution is -2.38. The Morgan fingerprint density at radius 2 is 1.75 bits per heavy atom. The Bertz CT molecular complexity index is 289. The molecule has 2 rings (SSSR count). The molecule has 0 radical (unpaired) electrons. The second-order valence-corrected chi connectivity index (χ2v) is 6.35. The van der Waals surface area contributed by atoms with E-state index >= 15 is 0 Å². The first-order chi connectivity index (χ1) is 9.81.